The normalized spacial score (nSPS) is 13.6. The number of fused-ring (bicyclic) bond motifs is 1. The van der Waals surface area contributed by atoms with E-state index in [1.165, 1.54) is 11.8 Å². The van der Waals surface area contributed by atoms with Crippen LogP contribution in [0, 0.1) is 6.92 Å². The van der Waals surface area contributed by atoms with Crippen LogP contribution in [0.4, 0.5) is 5.82 Å². The van der Waals surface area contributed by atoms with Gasteiger partial charge in [0.25, 0.3) is 0 Å². The molecule has 126 valence electrons. The Morgan fingerprint density at radius 3 is 2.92 bits per heavy atom. The fraction of sp³-hybridized carbons (Fsp3) is 0.312. The van der Waals surface area contributed by atoms with Crippen molar-refractivity contribution in [3.8, 4) is 11.5 Å². The lowest BCUT2D eigenvalue weighted by atomic mass is 10.2. The van der Waals surface area contributed by atoms with Crippen LogP contribution in [0.2, 0.25) is 0 Å². The molecule has 24 heavy (non-hydrogen) atoms. The van der Waals surface area contributed by atoms with E-state index in [2.05, 4.69) is 15.3 Å². The van der Waals surface area contributed by atoms with Gasteiger partial charge in [-0.3, -0.25) is 4.79 Å². The number of nitrogens with one attached hydrogen (secondary N) is 1. The average molecular weight is 346 g/mol. The van der Waals surface area contributed by atoms with Gasteiger partial charge in [-0.25, -0.2) is 9.97 Å². The van der Waals surface area contributed by atoms with Crippen molar-refractivity contribution < 1.29 is 14.3 Å². The van der Waals surface area contributed by atoms with E-state index >= 15 is 0 Å². The van der Waals surface area contributed by atoms with Crippen molar-refractivity contribution in [1.82, 2.24) is 15.3 Å². The molecule has 0 fully saturated rings. The lowest BCUT2D eigenvalue weighted by Gasteiger charge is -2.12. The van der Waals surface area contributed by atoms with E-state index in [9.17, 15) is 4.79 Å². The molecule has 0 spiro atoms. The molecule has 8 heteroatoms. The highest BCUT2D eigenvalue weighted by Crippen LogP contribution is 2.32. The number of nitrogens with two attached hydrogens (primary N) is 1. The number of hydrogen-bond donors (Lipinski definition) is 2. The molecule has 2 aromatic rings. The van der Waals surface area contributed by atoms with Gasteiger partial charge >= 0.3 is 0 Å². The topological polar surface area (TPSA) is 99.4 Å². The van der Waals surface area contributed by atoms with Crippen LogP contribution < -0.4 is 20.5 Å². The fourth-order valence-electron chi connectivity index (χ4n) is 2.21. The van der Waals surface area contributed by atoms with Gasteiger partial charge in [0.15, 0.2) is 16.7 Å². The summed E-state index contributed by atoms with van der Waals surface area (Å²) >= 11 is 1.28. The third-order valence-electron chi connectivity index (χ3n) is 3.41. The van der Waals surface area contributed by atoms with Gasteiger partial charge in [-0.2, -0.15) is 0 Å². The molecule has 1 amide bonds. The third-order valence-corrected chi connectivity index (χ3v) is 4.37. The van der Waals surface area contributed by atoms with E-state index < -0.39 is 0 Å². The van der Waals surface area contributed by atoms with Crippen LogP contribution in [0.1, 0.15) is 18.2 Å². The Balaban J connectivity index is 1.56. The maximum Gasteiger partial charge on any atom is 0.233 e. The van der Waals surface area contributed by atoms with Gasteiger partial charge in [0.1, 0.15) is 5.82 Å². The molecular weight excluding hydrogens is 328 g/mol. The number of ether oxygens (including phenoxy) is 2. The molecule has 1 aromatic carbocycles. The quantitative estimate of drug-likeness (QED) is 0.630. The van der Waals surface area contributed by atoms with E-state index in [0.29, 0.717) is 23.3 Å². The Hall–Kier alpha value is -2.48. The highest BCUT2D eigenvalue weighted by atomic mass is 32.2. The smallest absolute Gasteiger partial charge is 0.233 e. The summed E-state index contributed by atoms with van der Waals surface area (Å²) < 4.78 is 10.6. The lowest BCUT2D eigenvalue weighted by molar-refractivity contribution is -0.120. The zero-order valence-electron chi connectivity index (χ0n) is 13.4. The number of nitrogens with zero attached hydrogens (tertiary/aromatic N) is 2. The molecular formula is C16H18N4O3S. The number of benzene rings is 1. The zero-order chi connectivity index (χ0) is 17.1. The number of nitrogen functional groups attached to an aromatic ring is 1. The number of aromatic nitrogens is 2. The molecule has 0 radical (unpaired) electrons. The van der Waals surface area contributed by atoms with Crippen molar-refractivity contribution in [2.75, 3.05) is 12.5 Å². The number of thioether (sulfide) groups is 1. The number of hydrogen-bond acceptors (Lipinski definition) is 7. The summed E-state index contributed by atoms with van der Waals surface area (Å²) in [6.45, 7) is 4.30. The summed E-state index contributed by atoms with van der Waals surface area (Å²) in [5.41, 5.74) is 7.42. The molecule has 7 nitrogen and oxygen atoms in total. The van der Waals surface area contributed by atoms with Crippen LogP contribution >= 0.6 is 11.8 Å². The van der Waals surface area contributed by atoms with Gasteiger partial charge in [-0.1, -0.05) is 17.8 Å². The molecule has 1 atom stereocenters. The van der Waals surface area contributed by atoms with E-state index in [-0.39, 0.29) is 18.0 Å². The van der Waals surface area contributed by atoms with Crippen LogP contribution in [0.15, 0.2) is 29.4 Å². The number of carbonyl (C=O) groups is 1. The summed E-state index contributed by atoms with van der Waals surface area (Å²) in [4.78, 5) is 20.7. The van der Waals surface area contributed by atoms with Crippen LogP contribution in [0.25, 0.3) is 0 Å². The Labute approximate surface area is 144 Å². The van der Waals surface area contributed by atoms with Crippen LogP contribution in [0.3, 0.4) is 0 Å². The number of carbonyl (C=O) groups excluding carboxylic acids is 1. The van der Waals surface area contributed by atoms with E-state index in [0.717, 1.165) is 17.0 Å². The minimum atomic E-state index is -0.333. The Morgan fingerprint density at radius 2 is 2.12 bits per heavy atom. The van der Waals surface area contributed by atoms with Crippen molar-refractivity contribution in [1.29, 1.82) is 0 Å². The third kappa shape index (κ3) is 3.88. The number of anilines is 1. The Kier molecular flexibility index (Phi) is 4.75. The van der Waals surface area contributed by atoms with Crippen molar-refractivity contribution in [2.45, 2.75) is 30.8 Å². The first-order valence-electron chi connectivity index (χ1n) is 7.45. The van der Waals surface area contributed by atoms with Gasteiger partial charge in [-0.15, -0.1) is 0 Å². The minimum Gasteiger partial charge on any atom is -0.454 e. The highest BCUT2D eigenvalue weighted by molar-refractivity contribution is 8.00. The standard InChI is InChI=1S/C16H18N4O3S/c1-9-5-14(17)20-16(19-9)24-10(2)15(21)18-7-11-3-4-12-13(6-11)23-8-22-12/h3-6,10H,7-8H2,1-2H3,(H,18,21)(H2,17,19,20)/t10-/m0/s1. The predicted octanol–water partition coefficient (Wildman–Crippen LogP) is 1.89. The van der Waals surface area contributed by atoms with Gasteiger partial charge in [0.05, 0.1) is 5.25 Å². The van der Waals surface area contributed by atoms with E-state index in [1.807, 2.05) is 32.0 Å². The van der Waals surface area contributed by atoms with Crippen LogP contribution in [-0.4, -0.2) is 27.9 Å². The van der Waals surface area contributed by atoms with Gasteiger partial charge in [-0.05, 0) is 31.5 Å². The molecule has 3 N–H and O–H groups in total. The molecule has 0 saturated carbocycles. The summed E-state index contributed by atoms with van der Waals surface area (Å²) in [6, 6.07) is 7.29. The number of rotatable bonds is 5. The molecule has 3 rings (SSSR count). The molecule has 0 aliphatic carbocycles. The predicted molar refractivity (Wildman–Crippen MR) is 90.9 cm³/mol. The van der Waals surface area contributed by atoms with E-state index in [1.54, 1.807) is 6.07 Å². The molecule has 1 aliphatic heterocycles. The van der Waals surface area contributed by atoms with Gasteiger partial charge in [0.2, 0.25) is 12.7 Å². The average Bonchev–Trinajstić information content (AvgIpc) is 2.99. The minimum absolute atomic E-state index is 0.0960. The SMILES string of the molecule is Cc1cc(N)nc(S[C@@H](C)C(=O)NCc2ccc3c(c2)OCO3)n1. The van der Waals surface area contributed by atoms with Crippen LogP contribution in [0.5, 0.6) is 11.5 Å². The van der Waals surface area contributed by atoms with E-state index in [4.69, 9.17) is 15.2 Å². The molecule has 2 heterocycles. The lowest BCUT2D eigenvalue weighted by Crippen LogP contribution is -2.30. The van der Waals surface area contributed by atoms with Gasteiger partial charge < -0.3 is 20.5 Å². The second-order valence-electron chi connectivity index (χ2n) is 5.38. The number of amides is 1. The second kappa shape index (κ2) is 6.96. The zero-order valence-corrected chi connectivity index (χ0v) is 14.2. The summed E-state index contributed by atoms with van der Waals surface area (Å²) in [7, 11) is 0. The number of aryl methyl sites for hydroxylation is 1. The van der Waals surface area contributed by atoms with Crippen molar-refractivity contribution in [3.63, 3.8) is 0 Å². The summed E-state index contributed by atoms with van der Waals surface area (Å²) in [5.74, 6) is 1.73. The van der Waals surface area contributed by atoms with Crippen molar-refractivity contribution in [2.24, 2.45) is 0 Å². The summed E-state index contributed by atoms with van der Waals surface area (Å²) in [6.07, 6.45) is 0. The fourth-order valence-corrected chi connectivity index (χ4v) is 3.07. The molecule has 1 aromatic heterocycles. The molecule has 0 unspecified atom stereocenters. The first kappa shape index (κ1) is 16.4. The summed E-state index contributed by atoms with van der Waals surface area (Å²) in [5, 5.41) is 3.06. The van der Waals surface area contributed by atoms with Gasteiger partial charge in [0, 0.05) is 18.3 Å². The van der Waals surface area contributed by atoms with Crippen molar-refractivity contribution >= 4 is 23.5 Å². The first-order chi connectivity index (χ1) is 11.5. The maximum atomic E-state index is 12.2. The Bertz CT molecular complexity index is 749. The van der Waals surface area contributed by atoms with Crippen molar-refractivity contribution in [3.05, 3.63) is 35.5 Å². The molecule has 0 saturated heterocycles. The largest absolute Gasteiger partial charge is 0.454 e. The molecule has 1 aliphatic rings. The Morgan fingerprint density at radius 1 is 1.33 bits per heavy atom. The highest BCUT2D eigenvalue weighted by Gasteiger charge is 2.17. The molecule has 0 bridgehead atoms. The van der Waals surface area contributed by atoms with Crippen LogP contribution in [-0.2, 0) is 11.3 Å². The monoisotopic (exact) mass is 346 g/mol. The second-order valence-corrected chi connectivity index (χ2v) is 6.69. The maximum absolute atomic E-state index is 12.2. The first-order valence-corrected chi connectivity index (χ1v) is 8.33.